The third-order valence-corrected chi connectivity index (χ3v) is 7.56. The average molecular weight is 612 g/mol. The van der Waals surface area contributed by atoms with Crippen LogP contribution in [0.1, 0.15) is 168 Å². The number of hydrogen-bond acceptors (Lipinski definition) is 3. The Bertz CT molecular complexity index is 777. The quantitative estimate of drug-likeness (QED) is 0.0468. The van der Waals surface area contributed by atoms with Gasteiger partial charge in [0.15, 0.2) is 0 Å². The second-order valence-electron chi connectivity index (χ2n) is 11.9. The Morgan fingerprint density at radius 2 is 0.886 bits per heavy atom. The van der Waals surface area contributed by atoms with Crippen LogP contribution < -0.4 is 5.32 Å². The highest BCUT2D eigenvalue weighted by Crippen LogP contribution is 2.10. The van der Waals surface area contributed by atoms with Gasteiger partial charge in [-0.1, -0.05) is 139 Å². The first kappa shape index (κ1) is 41.6. The van der Waals surface area contributed by atoms with Crippen molar-refractivity contribution in [3.05, 3.63) is 60.8 Å². The van der Waals surface area contributed by atoms with E-state index in [4.69, 9.17) is 4.74 Å². The third kappa shape index (κ3) is 35.8. The Labute approximate surface area is 273 Å². The molecular formula is C40H69NO3. The lowest BCUT2D eigenvalue weighted by molar-refractivity contribution is -0.144. The molecule has 0 rings (SSSR count). The summed E-state index contributed by atoms with van der Waals surface area (Å²) in [5.74, 6) is -0.133. The van der Waals surface area contributed by atoms with Gasteiger partial charge >= 0.3 is 5.97 Å². The van der Waals surface area contributed by atoms with Gasteiger partial charge in [-0.3, -0.25) is 9.59 Å². The molecule has 1 N–H and O–H groups in total. The monoisotopic (exact) mass is 612 g/mol. The van der Waals surface area contributed by atoms with E-state index in [1.54, 1.807) is 0 Å². The fourth-order valence-electron chi connectivity index (χ4n) is 4.80. The maximum Gasteiger partial charge on any atom is 0.305 e. The Balaban J connectivity index is 3.46. The van der Waals surface area contributed by atoms with E-state index in [2.05, 4.69) is 79.9 Å². The third-order valence-electron chi connectivity index (χ3n) is 7.56. The summed E-state index contributed by atoms with van der Waals surface area (Å²) in [5.41, 5.74) is 0. The predicted octanol–water partition coefficient (Wildman–Crippen LogP) is 11.8. The number of nitrogens with one attached hydrogen (secondary N) is 1. The number of unbranched alkanes of at least 4 members (excludes halogenated alkanes) is 15. The van der Waals surface area contributed by atoms with Gasteiger partial charge in [-0.05, 0) is 77.0 Å². The van der Waals surface area contributed by atoms with Gasteiger partial charge in [0.2, 0.25) is 5.91 Å². The van der Waals surface area contributed by atoms with Crippen molar-refractivity contribution in [2.45, 2.75) is 168 Å². The highest BCUT2D eigenvalue weighted by Gasteiger charge is 2.04. The van der Waals surface area contributed by atoms with Crippen LogP contribution in [0.3, 0.4) is 0 Å². The zero-order valence-corrected chi connectivity index (χ0v) is 28.9. The van der Waals surface area contributed by atoms with Crippen molar-refractivity contribution < 1.29 is 14.3 Å². The summed E-state index contributed by atoms with van der Waals surface area (Å²) in [6, 6.07) is 0. The van der Waals surface area contributed by atoms with E-state index in [-0.39, 0.29) is 18.5 Å². The molecule has 252 valence electrons. The largest absolute Gasteiger partial charge is 0.464 e. The van der Waals surface area contributed by atoms with Crippen molar-refractivity contribution in [3.63, 3.8) is 0 Å². The molecule has 0 fully saturated rings. The van der Waals surface area contributed by atoms with Crippen LogP contribution in [0.25, 0.3) is 0 Å². The molecule has 0 aromatic carbocycles. The smallest absolute Gasteiger partial charge is 0.305 e. The molecule has 0 aliphatic carbocycles. The first-order chi connectivity index (χ1) is 21.7. The van der Waals surface area contributed by atoms with Gasteiger partial charge in [-0.2, -0.15) is 0 Å². The molecule has 0 aliphatic rings. The number of carbonyl (C=O) groups is 2. The number of carbonyl (C=O) groups excluding carboxylic acids is 2. The zero-order chi connectivity index (χ0) is 32.0. The van der Waals surface area contributed by atoms with E-state index in [0.717, 1.165) is 44.9 Å². The second kappa shape index (κ2) is 36.8. The lowest BCUT2D eigenvalue weighted by Gasteiger charge is -2.06. The molecule has 0 saturated carbocycles. The topological polar surface area (TPSA) is 55.4 Å². The summed E-state index contributed by atoms with van der Waals surface area (Å²) in [6.07, 6.45) is 49.3. The number of rotatable bonds is 32. The number of hydrogen-bond donors (Lipinski definition) is 1. The highest BCUT2D eigenvalue weighted by atomic mass is 16.5. The van der Waals surface area contributed by atoms with Gasteiger partial charge in [0, 0.05) is 12.8 Å². The van der Waals surface area contributed by atoms with Gasteiger partial charge in [-0.15, -0.1) is 0 Å². The molecular weight excluding hydrogens is 542 g/mol. The maximum atomic E-state index is 12.0. The standard InChI is InChI=1S/C40H69NO3/c1-3-5-7-9-11-13-15-17-19-20-22-23-25-27-29-31-33-35-39(42)41-37-38-44-40(43)36-34-32-30-28-26-24-21-18-16-14-12-10-8-6-4-2/h11,13,17-19,21-23,27,29H,3-10,12,14-16,20,24-26,28,30-38H2,1-2H3,(H,41,42)/b13-11-,19-17-,21-18-,23-22-,29-27-. The van der Waals surface area contributed by atoms with Crippen LogP contribution in [-0.2, 0) is 14.3 Å². The number of ether oxygens (including phenoxy) is 1. The van der Waals surface area contributed by atoms with Crippen molar-refractivity contribution in [2.24, 2.45) is 0 Å². The molecule has 0 saturated heterocycles. The number of amides is 1. The molecule has 4 nitrogen and oxygen atoms in total. The average Bonchev–Trinajstić information content (AvgIpc) is 3.02. The maximum absolute atomic E-state index is 12.0. The van der Waals surface area contributed by atoms with E-state index in [9.17, 15) is 9.59 Å². The summed E-state index contributed by atoms with van der Waals surface area (Å²) >= 11 is 0. The summed E-state index contributed by atoms with van der Waals surface area (Å²) < 4.78 is 5.26. The minimum Gasteiger partial charge on any atom is -0.464 e. The Morgan fingerprint density at radius 1 is 0.477 bits per heavy atom. The number of allylic oxidation sites excluding steroid dienone is 10. The lowest BCUT2D eigenvalue weighted by Crippen LogP contribution is -2.27. The van der Waals surface area contributed by atoms with Crippen LogP contribution in [0.5, 0.6) is 0 Å². The molecule has 0 heterocycles. The van der Waals surface area contributed by atoms with Gasteiger partial charge < -0.3 is 10.1 Å². The fourth-order valence-corrected chi connectivity index (χ4v) is 4.80. The van der Waals surface area contributed by atoms with Gasteiger partial charge in [0.1, 0.15) is 6.61 Å². The van der Waals surface area contributed by atoms with Crippen LogP contribution in [-0.4, -0.2) is 25.0 Å². The molecule has 0 unspecified atom stereocenters. The molecule has 0 aromatic rings. The van der Waals surface area contributed by atoms with Crippen LogP contribution in [0, 0.1) is 0 Å². The Kier molecular flexibility index (Phi) is 34.9. The van der Waals surface area contributed by atoms with E-state index >= 15 is 0 Å². The summed E-state index contributed by atoms with van der Waals surface area (Å²) in [6.45, 7) is 5.15. The molecule has 0 aromatic heterocycles. The van der Waals surface area contributed by atoms with E-state index in [1.165, 1.54) is 96.3 Å². The molecule has 0 spiro atoms. The SMILES string of the molecule is CCCCC/C=C\C/C=C\C/C=C\C/C=C\CCCC(=O)NCCOC(=O)CCCCCCC/C=C\CCCCCCCC. The highest BCUT2D eigenvalue weighted by molar-refractivity contribution is 5.75. The molecule has 0 radical (unpaired) electrons. The normalized spacial score (nSPS) is 12.1. The Hall–Kier alpha value is -2.36. The zero-order valence-electron chi connectivity index (χ0n) is 28.9. The fraction of sp³-hybridized carbons (Fsp3) is 0.700. The van der Waals surface area contributed by atoms with Crippen molar-refractivity contribution >= 4 is 11.9 Å². The summed E-state index contributed by atoms with van der Waals surface area (Å²) in [4.78, 5) is 23.9. The van der Waals surface area contributed by atoms with Gasteiger partial charge in [-0.25, -0.2) is 0 Å². The molecule has 4 heteroatoms. The van der Waals surface area contributed by atoms with E-state index in [0.29, 0.717) is 19.4 Å². The number of esters is 1. The van der Waals surface area contributed by atoms with Crippen LogP contribution in [0.15, 0.2) is 60.8 Å². The van der Waals surface area contributed by atoms with E-state index in [1.807, 2.05) is 0 Å². The van der Waals surface area contributed by atoms with Crippen molar-refractivity contribution in [1.82, 2.24) is 5.32 Å². The van der Waals surface area contributed by atoms with Crippen molar-refractivity contribution in [1.29, 1.82) is 0 Å². The van der Waals surface area contributed by atoms with Crippen LogP contribution in [0.4, 0.5) is 0 Å². The second-order valence-corrected chi connectivity index (χ2v) is 11.9. The van der Waals surface area contributed by atoms with E-state index < -0.39 is 0 Å². The predicted molar refractivity (Wildman–Crippen MR) is 192 cm³/mol. The van der Waals surface area contributed by atoms with Crippen LogP contribution in [0.2, 0.25) is 0 Å². The molecule has 0 atom stereocenters. The van der Waals surface area contributed by atoms with Crippen molar-refractivity contribution in [3.8, 4) is 0 Å². The van der Waals surface area contributed by atoms with Crippen molar-refractivity contribution in [2.75, 3.05) is 13.2 Å². The molecule has 44 heavy (non-hydrogen) atoms. The minimum absolute atomic E-state index is 0.0224. The summed E-state index contributed by atoms with van der Waals surface area (Å²) in [7, 11) is 0. The first-order valence-electron chi connectivity index (χ1n) is 18.4. The van der Waals surface area contributed by atoms with Gasteiger partial charge in [0.25, 0.3) is 0 Å². The minimum atomic E-state index is -0.155. The molecule has 1 amide bonds. The first-order valence-corrected chi connectivity index (χ1v) is 18.4. The summed E-state index contributed by atoms with van der Waals surface area (Å²) in [5, 5.41) is 2.85. The Morgan fingerprint density at radius 3 is 1.45 bits per heavy atom. The molecule has 0 bridgehead atoms. The molecule has 0 aliphatic heterocycles. The van der Waals surface area contributed by atoms with Gasteiger partial charge in [0.05, 0.1) is 6.54 Å². The van der Waals surface area contributed by atoms with Crippen LogP contribution >= 0.6 is 0 Å². The lowest BCUT2D eigenvalue weighted by atomic mass is 10.1.